The van der Waals surface area contributed by atoms with Gasteiger partial charge in [0, 0.05) is 25.0 Å². The second-order valence-electron chi connectivity index (χ2n) is 4.25. The lowest BCUT2D eigenvalue weighted by atomic mass is 10.2. The summed E-state index contributed by atoms with van der Waals surface area (Å²) < 4.78 is 19.7. The van der Waals surface area contributed by atoms with Gasteiger partial charge in [-0.25, -0.2) is 4.79 Å². The van der Waals surface area contributed by atoms with Crippen molar-refractivity contribution in [2.75, 3.05) is 26.3 Å². The Morgan fingerprint density at radius 2 is 2.00 bits per heavy atom. The lowest BCUT2D eigenvalue weighted by Crippen LogP contribution is -2.27. The van der Waals surface area contributed by atoms with Gasteiger partial charge in [0.15, 0.2) is 0 Å². The first kappa shape index (κ1) is 15.7. The third-order valence-corrected chi connectivity index (χ3v) is 2.03. The summed E-state index contributed by atoms with van der Waals surface area (Å²) >= 11 is 0.942. The summed E-state index contributed by atoms with van der Waals surface area (Å²) in [5.41, 5.74) is -0.453. The van der Waals surface area contributed by atoms with Gasteiger partial charge in [-0.05, 0) is 33.7 Å². The van der Waals surface area contributed by atoms with E-state index in [-0.39, 0.29) is 12.0 Å². The SMILES string of the molecule is CC(C)(C)OC(=O)SNCCNCCCF. The molecule has 6 heteroatoms. The zero-order chi connectivity index (χ0) is 12.4. The number of halogens is 1. The summed E-state index contributed by atoms with van der Waals surface area (Å²) in [5.74, 6) is 0. The van der Waals surface area contributed by atoms with Gasteiger partial charge in [-0.2, -0.15) is 0 Å². The van der Waals surface area contributed by atoms with E-state index in [0.717, 1.165) is 11.9 Å². The van der Waals surface area contributed by atoms with Gasteiger partial charge in [0.1, 0.15) is 5.60 Å². The largest absolute Gasteiger partial charge is 0.451 e. The third kappa shape index (κ3) is 11.7. The van der Waals surface area contributed by atoms with E-state index in [1.165, 1.54) is 0 Å². The third-order valence-electron chi connectivity index (χ3n) is 1.44. The normalized spacial score (nSPS) is 11.5. The van der Waals surface area contributed by atoms with Crippen LogP contribution < -0.4 is 10.0 Å². The molecular formula is C10H21FN2O2S. The smallest absolute Gasteiger partial charge is 0.383 e. The molecule has 2 N–H and O–H groups in total. The Morgan fingerprint density at radius 1 is 1.31 bits per heavy atom. The standard InChI is InChI=1S/C10H21FN2O2S/c1-10(2,3)15-9(14)16-13-8-7-12-6-4-5-11/h12-13H,4-8H2,1-3H3. The van der Waals surface area contributed by atoms with Crippen molar-refractivity contribution < 1.29 is 13.9 Å². The summed E-state index contributed by atoms with van der Waals surface area (Å²) in [6, 6.07) is 0. The number of carbonyl (C=O) groups excluding carboxylic acids is 1. The number of hydrogen-bond donors (Lipinski definition) is 2. The van der Waals surface area contributed by atoms with E-state index in [9.17, 15) is 9.18 Å². The predicted molar refractivity (Wildman–Crippen MR) is 65.3 cm³/mol. The number of hydrogen-bond acceptors (Lipinski definition) is 5. The van der Waals surface area contributed by atoms with E-state index in [0.29, 0.717) is 26.1 Å². The molecular weight excluding hydrogens is 231 g/mol. The van der Waals surface area contributed by atoms with Crippen LogP contribution in [0.25, 0.3) is 0 Å². The van der Waals surface area contributed by atoms with E-state index in [1.54, 1.807) is 0 Å². The predicted octanol–water partition coefficient (Wildman–Crippen LogP) is 2.11. The Kier molecular flexibility index (Phi) is 8.60. The first-order valence-corrected chi connectivity index (χ1v) is 6.17. The fourth-order valence-corrected chi connectivity index (χ4v) is 1.45. The molecule has 0 rings (SSSR count). The lowest BCUT2D eigenvalue weighted by Gasteiger charge is -2.18. The van der Waals surface area contributed by atoms with Crippen LogP contribution in [0.3, 0.4) is 0 Å². The minimum atomic E-state index is -0.453. The van der Waals surface area contributed by atoms with Crippen molar-refractivity contribution >= 4 is 17.2 Å². The lowest BCUT2D eigenvalue weighted by molar-refractivity contribution is 0.0736. The van der Waals surface area contributed by atoms with Crippen LogP contribution in [0.2, 0.25) is 0 Å². The van der Waals surface area contributed by atoms with Crippen molar-refractivity contribution in [2.45, 2.75) is 32.8 Å². The van der Waals surface area contributed by atoms with Crippen LogP contribution in [0, 0.1) is 0 Å². The summed E-state index contributed by atoms with van der Waals surface area (Å²) in [6.07, 6.45) is 0.527. The minimum Gasteiger partial charge on any atom is -0.451 e. The molecule has 0 unspecified atom stereocenters. The van der Waals surface area contributed by atoms with Crippen LogP contribution in [0.15, 0.2) is 0 Å². The molecule has 16 heavy (non-hydrogen) atoms. The van der Waals surface area contributed by atoms with E-state index in [4.69, 9.17) is 4.74 Å². The van der Waals surface area contributed by atoms with Crippen molar-refractivity contribution in [3.8, 4) is 0 Å². The van der Waals surface area contributed by atoms with E-state index in [1.807, 2.05) is 20.8 Å². The van der Waals surface area contributed by atoms with Crippen molar-refractivity contribution in [3.63, 3.8) is 0 Å². The molecule has 0 aliphatic carbocycles. The molecule has 96 valence electrons. The molecule has 0 bridgehead atoms. The summed E-state index contributed by atoms with van der Waals surface area (Å²) in [7, 11) is 0. The number of carbonyl (C=O) groups is 1. The molecule has 0 saturated carbocycles. The second-order valence-corrected chi connectivity index (χ2v) is 5.08. The maximum atomic E-state index is 11.7. The fraction of sp³-hybridized carbons (Fsp3) is 0.900. The summed E-state index contributed by atoms with van der Waals surface area (Å²) in [6.45, 7) is 7.17. The van der Waals surface area contributed by atoms with Crippen LogP contribution in [0.5, 0.6) is 0 Å². The molecule has 0 aromatic heterocycles. The Bertz CT molecular complexity index is 198. The van der Waals surface area contributed by atoms with Crippen molar-refractivity contribution in [1.29, 1.82) is 0 Å². The van der Waals surface area contributed by atoms with Crippen LogP contribution in [-0.2, 0) is 4.74 Å². The zero-order valence-electron chi connectivity index (χ0n) is 10.1. The molecule has 0 aliphatic heterocycles. The maximum Gasteiger partial charge on any atom is 0.383 e. The number of alkyl halides is 1. The topological polar surface area (TPSA) is 50.4 Å². The van der Waals surface area contributed by atoms with Crippen LogP contribution >= 0.6 is 11.9 Å². The molecule has 0 aromatic carbocycles. The molecule has 0 atom stereocenters. The molecule has 0 fully saturated rings. The maximum absolute atomic E-state index is 11.7. The van der Waals surface area contributed by atoms with Crippen LogP contribution in [-0.4, -0.2) is 37.2 Å². The highest BCUT2D eigenvalue weighted by Crippen LogP contribution is 2.12. The minimum absolute atomic E-state index is 0.299. The quantitative estimate of drug-likeness (QED) is 0.413. The highest BCUT2D eigenvalue weighted by molar-refractivity contribution is 8.11. The van der Waals surface area contributed by atoms with Gasteiger partial charge in [0.2, 0.25) is 0 Å². The van der Waals surface area contributed by atoms with Gasteiger partial charge in [-0.15, -0.1) is 0 Å². The average Bonchev–Trinajstić information content (AvgIpc) is 2.13. The van der Waals surface area contributed by atoms with Crippen LogP contribution in [0.4, 0.5) is 9.18 Å². The Balaban J connectivity index is 3.28. The van der Waals surface area contributed by atoms with Gasteiger partial charge in [-0.3, -0.25) is 9.11 Å². The van der Waals surface area contributed by atoms with Gasteiger partial charge < -0.3 is 10.1 Å². The molecule has 0 aliphatic rings. The monoisotopic (exact) mass is 252 g/mol. The number of rotatable bonds is 7. The second kappa shape index (κ2) is 8.78. The van der Waals surface area contributed by atoms with Crippen molar-refractivity contribution in [3.05, 3.63) is 0 Å². The van der Waals surface area contributed by atoms with E-state index >= 15 is 0 Å². The summed E-state index contributed by atoms with van der Waals surface area (Å²) in [5, 5.41) is 2.70. The van der Waals surface area contributed by atoms with Gasteiger partial charge in [0.25, 0.3) is 0 Å². The van der Waals surface area contributed by atoms with Gasteiger partial charge in [-0.1, -0.05) is 0 Å². The Labute approximate surface area is 101 Å². The first-order chi connectivity index (χ1) is 7.45. The summed E-state index contributed by atoms with van der Waals surface area (Å²) in [4.78, 5) is 11.2. The molecule has 0 spiro atoms. The molecule has 0 radical (unpaired) electrons. The van der Waals surface area contributed by atoms with E-state index < -0.39 is 5.60 Å². The molecule has 4 nitrogen and oxygen atoms in total. The fourth-order valence-electron chi connectivity index (χ4n) is 0.837. The molecule has 0 heterocycles. The highest BCUT2D eigenvalue weighted by atomic mass is 32.2. The highest BCUT2D eigenvalue weighted by Gasteiger charge is 2.16. The number of ether oxygens (including phenoxy) is 1. The van der Waals surface area contributed by atoms with Gasteiger partial charge >= 0.3 is 5.30 Å². The van der Waals surface area contributed by atoms with Crippen molar-refractivity contribution in [1.82, 2.24) is 10.0 Å². The zero-order valence-corrected chi connectivity index (χ0v) is 11.0. The molecule has 0 amide bonds. The van der Waals surface area contributed by atoms with Gasteiger partial charge in [0.05, 0.1) is 6.67 Å². The Hall–Kier alpha value is -0.330. The average molecular weight is 252 g/mol. The van der Waals surface area contributed by atoms with Crippen LogP contribution in [0.1, 0.15) is 27.2 Å². The molecule has 0 saturated heterocycles. The number of nitrogens with one attached hydrogen (secondary N) is 2. The van der Waals surface area contributed by atoms with Crippen molar-refractivity contribution in [2.24, 2.45) is 0 Å². The van der Waals surface area contributed by atoms with E-state index in [2.05, 4.69) is 10.0 Å². The molecule has 0 aromatic rings. The Morgan fingerprint density at radius 3 is 2.56 bits per heavy atom. The first-order valence-electron chi connectivity index (χ1n) is 5.35.